The lowest BCUT2D eigenvalue weighted by Crippen LogP contribution is -2.34. The Labute approximate surface area is 189 Å². The summed E-state index contributed by atoms with van der Waals surface area (Å²) < 4.78 is 4.99. The highest BCUT2D eigenvalue weighted by molar-refractivity contribution is 6.07. The Morgan fingerprint density at radius 3 is 2.42 bits per heavy atom. The molecule has 4 rings (SSSR count). The van der Waals surface area contributed by atoms with Crippen LogP contribution in [0, 0.1) is 6.92 Å². The van der Waals surface area contributed by atoms with Crippen LogP contribution in [0.15, 0.2) is 65.8 Å². The summed E-state index contributed by atoms with van der Waals surface area (Å²) in [6.07, 6.45) is 0. The average Bonchev–Trinajstić information content (AvgIpc) is 3.37. The zero-order valence-corrected chi connectivity index (χ0v) is 18.1. The molecule has 1 aliphatic heterocycles. The first kappa shape index (κ1) is 21.7. The van der Waals surface area contributed by atoms with E-state index in [1.54, 1.807) is 31.2 Å². The molecule has 3 aromatic rings. The first-order chi connectivity index (χ1) is 15.7. The minimum atomic E-state index is -0.599. The molecule has 3 amide bonds. The number of rotatable bonds is 6. The van der Waals surface area contributed by atoms with E-state index in [0.29, 0.717) is 17.1 Å². The lowest BCUT2D eigenvalue weighted by atomic mass is 9.97. The monoisotopic (exact) mass is 443 g/mol. The zero-order chi connectivity index (χ0) is 23.7. The predicted octanol–water partition coefficient (Wildman–Crippen LogP) is 3.26. The van der Waals surface area contributed by atoms with Crippen LogP contribution in [-0.4, -0.2) is 32.8 Å². The molecule has 2 N–H and O–H groups in total. The summed E-state index contributed by atoms with van der Waals surface area (Å²) in [5.74, 6) is -0.589. The van der Waals surface area contributed by atoms with Crippen molar-refractivity contribution in [2.75, 3.05) is 5.32 Å². The molecule has 166 valence electrons. The molecular formula is C24H21N5O4. The molecule has 0 spiro atoms. The van der Waals surface area contributed by atoms with Crippen LogP contribution in [0.25, 0.3) is 16.8 Å². The number of carbonyl (C=O) groups is 3. The lowest BCUT2D eigenvalue weighted by molar-refractivity contribution is -0.117. The number of fused-ring (bicyclic) bond motifs is 1. The Morgan fingerprint density at radius 2 is 1.79 bits per heavy atom. The van der Waals surface area contributed by atoms with Crippen LogP contribution in [-0.2, 0) is 16.1 Å². The number of amides is 3. The first-order valence-corrected chi connectivity index (χ1v) is 10.1. The molecule has 0 unspecified atom stereocenters. The molecule has 0 radical (unpaired) electrons. The molecular weight excluding hydrogens is 422 g/mol. The van der Waals surface area contributed by atoms with Gasteiger partial charge in [-0.3, -0.25) is 19.3 Å². The number of aryl methyl sites for hydroxylation is 1. The average molecular weight is 443 g/mol. The van der Waals surface area contributed by atoms with Gasteiger partial charge in [0.25, 0.3) is 17.7 Å². The number of anilines is 1. The van der Waals surface area contributed by atoms with Crippen molar-refractivity contribution in [2.24, 2.45) is 0 Å². The van der Waals surface area contributed by atoms with Crippen LogP contribution >= 0.6 is 0 Å². The zero-order valence-electron chi connectivity index (χ0n) is 18.1. The maximum absolute atomic E-state index is 13.0. The maximum Gasteiger partial charge on any atom is 0.273 e. The molecule has 1 aromatic heterocycles. The third-order valence-corrected chi connectivity index (χ3v) is 5.12. The van der Waals surface area contributed by atoms with Gasteiger partial charge in [0.05, 0.1) is 12.2 Å². The standard InChI is InChI=1S/C24H21N5O4/c1-13(23-26-15(3)28-33-23)25-22(31)14(2)29-12-21-19(6-5-7-20(21)24(29)32)17-8-10-18(11-9-17)27-16(4)30/h5-11H,1-2,12H2,3-4H3,(H,25,31)(H,27,30). The Balaban J connectivity index is 1.53. The van der Waals surface area contributed by atoms with E-state index in [4.69, 9.17) is 4.52 Å². The molecule has 0 bridgehead atoms. The number of aromatic nitrogens is 2. The number of nitrogens with zero attached hydrogens (tertiary/aromatic N) is 3. The highest BCUT2D eigenvalue weighted by atomic mass is 16.5. The summed E-state index contributed by atoms with van der Waals surface area (Å²) >= 11 is 0. The smallest absolute Gasteiger partial charge is 0.273 e. The maximum atomic E-state index is 13.0. The van der Waals surface area contributed by atoms with Gasteiger partial charge in [-0.25, -0.2) is 0 Å². The quantitative estimate of drug-likeness (QED) is 0.565. The fourth-order valence-corrected chi connectivity index (χ4v) is 3.56. The van der Waals surface area contributed by atoms with Crippen molar-refractivity contribution in [3.8, 4) is 11.1 Å². The van der Waals surface area contributed by atoms with E-state index < -0.39 is 5.91 Å². The molecule has 1 aliphatic rings. The fourth-order valence-electron chi connectivity index (χ4n) is 3.56. The highest BCUT2D eigenvalue weighted by Gasteiger charge is 2.33. The minimum Gasteiger partial charge on any atom is -0.332 e. The normalized spacial score (nSPS) is 12.3. The van der Waals surface area contributed by atoms with Crippen LogP contribution in [0.5, 0.6) is 0 Å². The summed E-state index contributed by atoms with van der Waals surface area (Å²) in [7, 11) is 0. The molecule has 0 saturated heterocycles. The molecule has 33 heavy (non-hydrogen) atoms. The van der Waals surface area contributed by atoms with E-state index in [2.05, 4.69) is 33.9 Å². The van der Waals surface area contributed by atoms with Gasteiger partial charge in [-0.2, -0.15) is 4.98 Å². The Kier molecular flexibility index (Phi) is 5.61. The third-order valence-electron chi connectivity index (χ3n) is 5.12. The molecule has 2 heterocycles. The number of benzene rings is 2. The second kappa shape index (κ2) is 8.54. The summed E-state index contributed by atoms with van der Waals surface area (Å²) in [6.45, 7) is 10.8. The van der Waals surface area contributed by atoms with Crippen molar-refractivity contribution in [2.45, 2.75) is 20.4 Å². The Hall–Kier alpha value is -4.53. The van der Waals surface area contributed by atoms with Gasteiger partial charge in [0, 0.05) is 18.2 Å². The highest BCUT2D eigenvalue weighted by Crippen LogP contribution is 2.34. The van der Waals surface area contributed by atoms with E-state index in [-0.39, 0.29) is 35.6 Å². The van der Waals surface area contributed by atoms with Crippen LogP contribution < -0.4 is 10.6 Å². The third kappa shape index (κ3) is 4.29. The summed E-state index contributed by atoms with van der Waals surface area (Å²) in [5, 5.41) is 8.93. The van der Waals surface area contributed by atoms with Crippen LogP contribution in [0.3, 0.4) is 0 Å². The SMILES string of the molecule is C=C(NC(=O)C(=C)N1Cc2c(cccc2-c2ccc(NC(C)=O)cc2)C1=O)c1nc(C)no1. The number of carbonyl (C=O) groups excluding carboxylic acids is 3. The van der Waals surface area contributed by atoms with Gasteiger partial charge in [-0.05, 0) is 41.8 Å². The molecule has 9 nitrogen and oxygen atoms in total. The summed E-state index contributed by atoms with van der Waals surface area (Å²) in [6, 6.07) is 12.7. The van der Waals surface area contributed by atoms with Gasteiger partial charge >= 0.3 is 0 Å². The summed E-state index contributed by atoms with van der Waals surface area (Å²) in [5.41, 5.74) is 3.79. The fraction of sp³-hybridized carbons (Fsp3) is 0.125. The van der Waals surface area contributed by atoms with Crippen LogP contribution in [0.2, 0.25) is 0 Å². The topological polar surface area (TPSA) is 117 Å². The molecule has 0 fully saturated rings. The van der Waals surface area contributed by atoms with Gasteiger partial charge in [0.15, 0.2) is 5.82 Å². The Morgan fingerprint density at radius 1 is 1.09 bits per heavy atom. The van der Waals surface area contributed by atoms with E-state index in [1.165, 1.54) is 11.8 Å². The van der Waals surface area contributed by atoms with E-state index in [1.807, 2.05) is 18.2 Å². The van der Waals surface area contributed by atoms with Gasteiger partial charge in [-0.1, -0.05) is 42.6 Å². The van der Waals surface area contributed by atoms with Crippen molar-refractivity contribution in [3.05, 3.63) is 84.2 Å². The van der Waals surface area contributed by atoms with Gasteiger partial charge in [-0.15, -0.1) is 0 Å². The second-order valence-corrected chi connectivity index (χ2v) is 7.51. The van der Waals surface area contributed by atoms with Gasteiger partial charge in [0.2, 0.25) is 5.91 Å². The Bertz CT molecular complexity index is 1310. The van der Waals surface area contributed by atoms with Crippen molar-refractivity contribution in [1.82, 2.24) is 20.4 Å². The van der Waals surface area contributed by atoms with Crippen molar-refractivity contribution < 1.29 is 18.9 Å². The van der Waals surface area contributed by atoms with Gasteiger partial charge < -0.3 is 15.2 Å². The lowest BCUT2D eigenvalue weighted by Gasteiger charge is -2.18. The van der Waals surface area contributed by atoms with Crippen LogP contribution in [0.4, 0.5) is 5.69 Å². The number of hydrogen-bond acceptors (Lipinski definition) is 6. The van der Waals surface area contributed by atoms with E-state index >= 15 is 0 Å². The second-order valence-electron chi connectivity index (χ2n) is 7.51. The number of hydrogen-bond donors (Lipinski definition) is 2. The molecule has 9 heteroatoms. The number of nitrogens with one attached hydrogen (secondary N) is 2. The van der Waals surface area contributed by atoms with Crippen molar-refractivity contribution in [1.29, 1.82) is 0 Å². The van der Waals surface area contributed by atoms with Crippen LogP contribution in [0.1, 0.15) is 34.6 Å². The molecule has 0 atom stereocenters. The van der Waals surface area contributed by atoms with Crippen molar-refractivity contribution >= 4 is 29.1 Å². The molecule has 0 aliphatic carbocycles. The molecule has 0 saturated carbocycles. The minimum absolute atomic E-state index is 0.0273. The first-order valence-electron chi connectivity index (χ1n) is 10.1. The largest absolute Gasteiger partial charge is 0.332 e. The van der Waals surface area contributed by atoms with E-state index in [9.17, 15) is 14.4 Å². The predicted molar refractivity (Wildman–Crippen MR) is 121 cm³/mol. The van der Waals surface area contributed by atoms with Gasteiger partial charge in [0.1, 0.15) is 5.70 Å². The summed E-state index contributed by atoms with van der Waals surface area (Å²) in [4.78, 5) is 42.3. The van der Waals surface area contributed by atoms with Crippen molar-refractivity contribution in [3.63, 3.8) is 0 Å². The molecule has 2 aromatic carbocycles. The van der Waals surface area contributed by atoms with E-state index in [0.717, 1.165) is 16.7 Å².